The van der Waals surface area contributed by atoms with Crippen LogP contribution in [0.4, 0.5) is 13.2 Å². The number of nitrogens with one attached hydrogen (secondary N) is 1. The Labute approximate surface area is 119 Å². The van der Waals surface area contributed by atoms with Crippen molar-refractivity contribution < 1.29 is 32.7 Å². The predicted octanol–water partition coefficient (Wildman–Crippen LogP) is 0.767. The summed E-state index contributed by atoms with van der Waals surface area (Å²) in [6.45, 7) is 2.32. The lowest BCUT2D eigenvalue weighted by molar-refractivity contribution is -0.207. The van der Waals surface area contributed by atoms with E-state index in [-0.39, 0.29) is 31.8 Å². The van der Waals surface area contributed by atoms with Crippen molar-refractivity contribution in [2.75, 3.05) is 13.1 Å². The van der Waals surface area contributed by atoms with Crippen LogP contribution in [-0.2, 0) is 14.4 Å². The monoisotopic (exact) mass is 310 g/mol. The Bertz CT molecular complexity index is 444. The number of hydrogen-bond acceptors (Lipinski definition) is 3. The van der Waals surface area contributed by atoms with E-state index in [1.54, 1.807) is 5.32 Å². The fourth-order valence-corrected chi connectivity index (χ4v) is 2.05. The lowest BCUT2D eigenvalue weighted by atomic mass is 9.93. The largest absolute Gasteiger partial charge is 0.479 e. The molecule has 1 heterocycles. The first-order valence-corrected chi connectivity index (χ1v) is 6.36. The molecule has 1 saturated heterocycles. The first-order valence-electron chi connectivity index (χ1n) is 6.36. The number of likely N-dealkylation sites (tertiary alicyclic amines) is 1. The fraction of sp³-hybridized carbons (Fsp3) is 0.750. The quantitative estimate of drug-likeness (QED) is 0.806. The molecule has 21 heavy (non-hydrogen) atoms. The van der Waals surface area contributed by atoms with E-state index in [1.807, 2.05) is 0 Å². The summed E-state index contributed by atoms with van der Waals surface area (Å²) in [7, 11) is 0. The zero-order valence-corrected chi connectivity index (χ0v) is 11.7. The van der Waals surface area contributed by atoms with E-state index in [1.165, 1.54) is 11.8 Å². The Morgan fingerprint density at radius 2 is 1.67 bits per heavy atom. The molecule has 120 valence electrons. The third kappa shape index (κ3) is 3.64. The molecule has 0 aromatic heterocycles. The van der Waals surface area contributed by atoms with Crippen molar-refractivity contribution in [3.05, 3.63) is 0 Å². The molecule has 1 unspecified atom stereocenters. The van der Waals surface area contributed by atoms with Crippen molar-refractivity contribution >= 4 is 17.8 Å². The number of halogens is 3. The van der Waals surface area contributed by atoms with Gasteiger partial charge in [0.1, 0.15) is 0 Å². The molecular weight excluding hydrogens is 293 g/mol. The van der Waals surface area contributed by atoms with E-state index in [0.717, 1.165) is 0 Å². The maximum absolute atomic E-state index is 12.8. The Kier molecular flexibility index (Phi) is 4.85. The molecule has 0 radical (unpaired) electrons. The molecule has 2 N–H and O–H groups in total. The maximum Gasteiger partial charge on any atom is 0.422 e. The number of nitrogens with zero attached hydrogens (tertiary/aromatic N) is 1. The molecule has 1 aliphatic heterocycles. The van der Waals surface area contributed by atoms with Crippen LogP contribution in [0.3, 0.4) is 0 Å². The molecule has 2 amide bonds. The van der Waals surface area contributed by atoms with Gasteiger partial charge >= 0.3 is 12.1 Å². The maximum atomic E-state index is 12.8. The smallest absolute Gasteiger partial charge is 0.422 e. The topological polar surface area (TPSA) is 86.7 Å². The van der Waals surface area contributed by atoms with Gasteiger partial charge in [-0.05, 0) is 19.8 Å². The minimum absolute atomic E-state index is 0.167. The van der Waals surface area contributed by atoms with Crippen molar-refractivity contribution in [3.63, 3.8) is 0 Å². The number of carbonyl (C=O) groups is 3. The Balaban J connectivity index is 2.73. The minimum atomic E-state index is -5.10. The van der Waals surface area contributed by atoms with Crippen LogP contribution < -0.4 is 5.32 Å². The number of amides is 2. The highest BCUT2D eigenvalue weighted by Gasteiger charge is 2.58. The second-order valence-corrected chi connectivity index (χ2v) is 5.20. The molecular formula is C12H17F3N2O4. The molecule has 1 fully saturated rings. The number of carboxylic acids is 1. The highest BCUT2D eigenvalue weighted by atomic mass is 19.4. The summed E-state index contributed by atoms with van der Waals surface area (Å²) in [5, 5.41) is 10.3. The van der Waals surface area contributed by atoms with E-state index in [9.17, 15) is 27.6 Å². The average Bonchev–Trinajstić information content (AvgIpc) is 2.37. The highest BCUT2D eigenvalue weighted by molar-refractivity contribution is 5.88. The van der Waals surface area contributed by atoms with Gasteiger partial charge in [0.25, 0.3) is 0 Å². The van der Waals surface area contributed by atoms with Gasteiger partial charge in [-0.3, -0.25) is 9.59 Å². The fourth-order valence-electron chi connectivity index (χ4n) is 2.05. The van der Waals surface area contributed by atoms with Crippen molar-refractivity contribution in [2.24, 2.45) is 5.92 Å². The Morgan fingerprint density at radius 3 is 2.00 bits per heavy atom. The van der Waals surface area contributed by atoms with Crippen molar-refractivity contribution in [3.8, 4) is 0 Å². The van der Waals surface area contributed by atoms with Gasteiger partial charge in [-0.2, -0.15) is 13.2 Å². The third-order valence-corrected chi connectivity index (χ3v) is 3.68. The van der Waals surface area contributed by atoms with Crippen LogP contribution in [0.25, 0.3) is 0 Å². The van der Waals surface area contributed by atoms with Gasteiger partial charge in [0.05, 0.1) is 0 Å². The summed E-state index contributed by atoms with van der Waals surface area (Å²) >= 11 is 0. The first kappa shape index (κ1) is 17.3. The van der Waals surface area contributed by atoms with Gasteiger partial charge < -0.3 is 15.3 Å². The zero-order chi connectivity index (χ0) is 16.4. The van der Waals surface area contributed by atoms with Gasteiger partial charge in [0.2, 0.25) is 17.4 Å². The lowest BCUT2D eigenvalue weighted by Crippen LogP contribution is -2.63. The van der Waals surface area contributed by atoms with Gasteiger partial charge in [-0.1, -0.05) is 0 Å². The van der Waals surface area contributed by atoms with Gasteiger partial charge in [0, 0.05) is 25.9 Å². The summed E-state index contributed by atoms with van der Waals surface area (Å²) in [5.74, 6) is -4.02. The second-order valence-electron chi connectivity index (χ2n) is 5.20. The van der Waals surface area contributed by atoms with Crippen LogP contribution in [-0.4, -0.2) is 52.6 Å². The Hall–Kier alpha value is -1.80. The van der Waals surface area contributed by atoms with Gasteiger partial charge in [-0.15, -0.1) is 0 Å². The molecule has 9 heteroatoms. The standard InChI is InChI=1S/C12H17F3N2O4/c1-7(18)17-5-3-8(4-6-17)9(19)16-11(2,10(20)21)12(13,14)15/h8H,3-6H2,1-2H3,(H,16,19)(H,20,21). The molecule has 0 aromatic carbocycles. The molecule has 0 saturated carbocycles. The number of rotatable bonds is 3. The summed E-state index contributed by atoms with van der Waals surface area (Å²) in [6.07, 6.45) is -4.69. The molecule has 0 aliphatic carbocycles. The molecule has 0 bridgehead atoms. The van der Waals surface area contributed by atoms with E-state index in [4.69, 9.17) is 5.11 Å². The molecule has 1 aliphatic rings. The van der Waals surface area contributed by atoms with Crippen LogP contribution in [0.5, 0.6) is 0 Å². The van der Waals surface area contributed by atoms with E-state index >= 15 is 0 Å². The normalized spacial score (nSPS) is 19.8. The summed E-state index contributed by atoms with van der Waals surface area (Å²) in [6, 6.07) is 0. The summed E-state index contributed by atoms with van der Waals surface area (Å²) in [5.41, 5.74) is -3.32. The highest BCUT2D eigenvalue weighted by Crippen LogP contribution is 2.31. The number of aliphatic carboxylic acids is 1. The zero-order valence-electron chi connectivity index (χ0n) is 11.7. The summed E-state index contributed by atoms with van der Waals surface area (Å²) in [4.78, 5) is 35.3. The number of piperidine rings is 1. The Morgan fingerprint density at radius 1 is 1.19 bits per heavy atom. The van der Waals surface area contributed by atoms with Gasteiger partial charge in [-0.25, -0.2) is 4.79 Å². The van der Waals surface area contributed by atoms with Crippen LogP contribution in [0.15, 0.2) is 0 Å². The summed E-state index contributed by atoms with van der Waals surface area (Å²) < 4.78 is 38.4. The predicted molar refractivity (Wildman–Crippen MR) is 65.2 cm³/mol. The van der Waals surface area contributed by atoms with Crippen LogP contribution in [0.1, 0.15) is 26.7 Å². The average molecular weight is 310 g/mol. The van der Waals surface area contributed by atoms with Crippen molar-refractivity contribution in [2.45, 2.75) is 38.4 Å². The van der Waals surface area contributed by atoms with Crippen LogP contribution >= 0.6 is 0 Å². The second kappa shape index (κ2) is 5.90. The van der Waals surface area contributed by atoms with Crippen molar-refractivity contribution in [1.82, 2.24) is 10.2 Å². The number of carboxylic acid groups (broad SMARTS) is 1. The number of carbonyl (C=O) groups excluding carboxylic acids is 2. The molecule has 0 spiro atoms. The van der Waals surface area contributed by atoms with Crippen LogP contribution in [0, 0.1) is 5.92 Å². The van der Waals surface area contributed by atoms with Crippen LogP contribution in [0.2, 0.25) is 0 Å². The number of hydrogen-bond donors (Lipinski definition) is 2. The SMILES string of the molecule is CC(=O)N1CCC(C(=O)NC(C)(C(=O)O)C(F)(F)F)CC1. The molecule has 0 aromatic rings. The van der Waals surface area contributed by atoms with Gasteiger partial charge in [0.15, 0.2) is 0 Å². The van der Waals surface area contributed by atoms with E-state index in [2.05, 4.69) is 0 Å². The molecule has 6 nitrogen and oxygen atoms in total. The minimum Gasteiger partial charge on any atom is -0.479 e. The first-order chi connectivity index (χ1) is 9.49. The van der Waals surface area contributed by atoms with Crippen molar-refractivity contribution in [1.29, 1.82) is 0 Å². The number of alkyl halides is 3. The molecule has 1 atom stereocenters. The lowest BCUT2D eigenvalue weighted by Gasteiger charge is -2.34. The van der Waals surface area contributed by atoms with E-state index in [0.29, 0.717) is 6.92 Å². The van der Waals surface area contributed by atoms with E-state index < -0.39 is 29.5 Å². The molecule has 1 rings (SSSR count). The third-order valence-electron chi connectivity index (χ3n) is 3.68.